The molecule has 8 heteroatoms. The van der Waals surface area contributed by atoms with E-state index in [0.29, 0.717) is 30.2 Å². The summed E-state index contributed by atoms with van der Waals surface area (Å²) in [6.07, 6.45) is 0.407. The number of hydrogen-bond donors (Lipinski definition) is 1. The highest BCUT2D eigenvalue weighted by Gasteiger charge is 2.28. The number of anilines is 1. The van der Waals surface area contributed by atoms with E-state index < -0.39 is 10.0 Å². The second-order valence-electron chi connectivity index (χ2n) is 4.69. The van der Waals surface area contributed by atoms with Gasteiger partial charge < -0.3 is 4.90 Å². The summed E-state index contributed by atoms with van der Waals surface area (Å²) < 4.78 is 25.1. The molecule has 0 radical (unpaired) electrons. The molecule has 2 rings (SSSR count). The summed E-state index contributed by atoms with van der Waals surface area (Å²) >= 11 is 0. The predicted octanol–water partition coefficient (Wildman–Crippen LogP) is -0.456. The van der Waals surface area contributed by atoms with Crippen LogP contribution < -0.4 is 10.5 Å². The molecule has 0 saturated carbocycles. The van der Waals surface area contributed by atoms with Crippen LogP contribution in [-0.4, -0.2) is 49.1 Å². The maximum Gasteiger partial charge on any atom is 0.255 e. The summed E-state index contributed by atoms with van der Waals surface area (Å²) in [5.74, 6) is 0.506. The zero-order valence-corrected chi connectivity index (χ0v) is 12.1. The number of fused-ring (bicyclic) bond motifs is 1. The fraction of sp³-hybridized carbons (Fsp3) is 0.636. The van der Waals surface area contributed by atoms with Crippen molar-refractivity contribution in [1.29, 1.82) is 0 Å². The lowest BCUT2D eigenvalue weighted by atomic mass is 10.1. The van der Waals surface area contributed by atoms with Gasteiger partial charge in [0.25, 0.3) is 5.56 Å². The second kappa shape index (κ2) is 4.93. The molecule has 2 heterocycles. The average Bonchev–Trinajstić information content (AvgIpc) is 2.37. The zero-order valence-electron chi connectivity index (χ0n) is 11.3. The quantitative estimate of drug-likeness (QED) is 0.813. The SMILES string of the molecule is CCS(=O)(=O)N1CCc2c(nc(N(C)C)[nH]c2=O)C1. The van der Waals surface area contributed by atoms with Crippen LogP contribution in [0.5, 0.6) is 0 Å². The maximum absolute atomic E-state index is 11.9. The number of rotatable bonds is 3. The van der Waals surface area contributed by atoms with Gasteiger partial charge in [0, 0.05) is 26.2 Å². The predicted molar refractivity (Wildman–Crippen MR) is 72.8 cm³/mol. The van der Waals surface area contributed by atoms with Gasteiger partial charge in [-0.3, -0.25) is 9.78 Å². The van der Waals surface area contributed by atoms with Crippen LogP contribution in [0.2, 0.25) is 0 Å². The van der Waals surface area contributed by atoms with Crippen molar-refractivity contribution in [1.82, 2.24) is 14.3 Å². The molecule has 0 fully saturated rings. The molecule has 1 aromatic heterocycles. The Morgan fingerprint density at radius 1 is 1.42 bits per heavy atom. The molecule has 19 heavy (non-hydrogen) atoms. The van der Waals surface area contributed by atoms with Crippen LogP contribution in [0.3, 0.4) is 0 Å². The van der Waals surface area contributed by atoms with Gasteiger partial charge in [-0.15, -0.1) is 0 Å². The molecule has 106 valence electrons. The van der Waals surface area contributed by atoms with E-state index >= 15 is 0 Å². The summed E-state index contributed by atoms with van der Waals surface area (Å²) in [4.78, 5) is 20.6. The van der Waals surface area contributed by atoms with E-state index in [0.717, 1.165) is 0 Å². The van der Waals surface area contributed by atoms with Crippen LogP contribution >= 0.6 is 0 Å². The smallest absolute Gasteiger partial charge is 0.255 e. The Morgan fingerprint density at radius 3 is 2.68 bits per heavy atom. The Labute approximate surface area is 112 Å². The van der Waals surface area contributed by atoms with Crippen molar-refractivity contribution in [2.24, 2.45) is 0 Å². The molecule has 1 N–H and O–H groups in total. The summed E-state index contributed by atoms with van der Waals surface area (Å²) in [5.41, 5.74) is 0.964. The summed E-state index contributed by atoms with van der Waals surface area (Å²) in [7, 11) is 0.301. The fourth-order valence-electron chi connectivity index (χ4n) is 2.03. The average molecular weight is 286 g/mol. The Morgan fingerprint density at radius 2 is 2.11 bits per heavy atom. The molecule has 0 saturated heterocycles. The summed E-state index contributed by atoms with van der Waals surface area (Å²) in [6, 6.07) is 0. The van der Waals surface area contributed by atoms with Gasteiger partial charge in [-0.1, -0.05) is 0 Å². The number of nitrogens with one attached hydrogen (secondary N) is 1. The highest BCUT2D eigenvalue weighted by Crippen LogP contribution is 2.18. The van der Waals surface area contributed by atoms with Crippen LogP contribution in [0.4, 0.5) is 5.95 Å². The van der Waals surface area contributed by atoms with E-state index in [1.807, 2.05) is 0 Å². The van der Waals surface area contributed by atoms with Crippen LogP contribution in [0, 0.1) is 0 Å². The summed E-state index contributed by atoms with van der Waals surface area (Å²) in [6.45, 7) is 2.13. The third kappa shape index (κ3) is 2.64. The lowest BCUT2D eigenvalue weighted by molar-refractivity contribution is 0.384. The van der Waals surface area contributed by atoms with Crippen molar-refractivity contribution in [3.63, 3.8) is 0 Å². The van der Waals surface area contributed by atoms with Gasteiger partial charge in [0.15, 0.2) is 0 Å². The highest BCUT2D eigenvalue weighted by molar-refractivity contribution is 7.89. The van der Waals surface area contributed by atoms with E-state index in [9.17, 15) is 13.2 Å². The van der Waals surface area contributed by atoms with Crippen LogP contribution in [0.25, 0.3) is 0 Å². The Balaban J connectivity index is 2.42. The summed E-state index contributed by atoms with van der Waals surface area (Å²) in [5, 5.41) is 0. The number of H-pyrrole nitrogens is 1. The molecule has 0 bridgehead atoms. The van der Waals surface area contributed by atoms with E-state index in [1.54, 1.807) is 25.9 Å². The molecule has 7 nitrogen and oxygen atoms in total. The van der Waals surface area contributed by atoms with Crippen LogP contribution in [-0.2, 0) is 23.0 Å². The number of aromatic amines is 1. The van der Waals surface area contributed by atoms with Crippen molar-refractivity contribution < 1.29 is 8.42 Å². The van der Waals surface area contributed by atoms with Crippen molar-refractivity contribution in [3.05, 3.63) is 21.6 Å². The minimum atomic E-state index is -3.24. The molecular formula is C11H18N4O3S. The number of nitrogens with zero attached hydrogens (tertiary/aromatic N) is 3. The molecule has 0 amide bonds. The Bertz CT molecular complexity index is 636. The fourth-order valence-corrected chi connectivity index (χ4v) is 3.09. The van der Waals surface area contributed by atoms with Crippen LogP contribution in [0.1, 0.15) is 18.2 Å². The van der Waals surface area contributed by atoms with Gasteiger partial charge >= 0.3 is 0 Å². The first-order valence-electron chi connectivity index (χ1n) is 6.12. The highest BCUT2D eigenvalue weighted by atomic mass is 32.2. The molecule has 1 aliphatic rings. The van der Waals surface area contributed by atoms with Gasteiger partial charge in [0.05, 0.1) is 18.0 Å². The van der Waals surface area contributed by atoms with Crippen molar-refractivity contribution in [3.8, 4) is 0 Å². The lowest BCUT2D eigenvalue weighted by Gasteiger charge is -2.27. The minimum Gasteiger partial charge on any atom is -0.348 e. The van der Waals surface area contributed by atoms with Gasteiger partial charge in [0.1, 0.15) is 0 Å². The molecule has 0 unspecified atom stereocenters. The first kappa shape index (κ1) is 14.0. The third-order valence-corrected chi connectivity index (χ3v) is 5.04. The lowest BCUT2D eigenvalue weighted by Crippen LogP contribution is -2.40. The molecule has 0 aliphatic carbocycles. The first-order chi connectivity index (χ1) is 8.85. The van der Waals surface area contributed by atoms with Gasteiger partial charge in [-0.05, 0) is 13.3 Å². The van der Waals surface area contributed by atoms with Gasteiger partial charge in [-0.2, -0.15) is 4.31 Å². The first-order valence-corrected chi connectivity index (χ1v) is 7.73. The minimum absolute atomic E-state index is 0.0616. The maximum atomic E-state index is 11.9. The van der Waals surface area contributed by atoms with E-state index in [-0.39, 0.29) is 17.9 Å². The molecule has 0 atom stereocenters. The number of aromatic nitrogens is 2. The number of hydrogen-bond acceptors (Lipinski definition) is 5. The van der Waals surface area contributed by atoms with Gasteiger partial charge in [-0.25, -0.2) is 13.4 Å². The molecular weight excluding hydrogens is 268 g/mol. The molecule has 0 aromatic carbocycles. The largest absolute Gasteiger partial charge is 0.348 e. The Kier molecular flexibility index (Phi) is 3.64. The van der Waals surface area contributed by atoms with Gasteiger partial charge in [0.2, 0.25) is 16.0 Å². The van der Waals surface area contributed by atoms with E-state index in [4.69, 9.17) is 0 Å². The van der Waals surface area contributed by atoms with Crippen molar-refractivity contribution in [2.75, 3.05) is 31.3 Å². The molecule has 1 aromatic rings. The topological polar surface area (TPSA) is 86.4 Å². The van der Waals surface area contributed by atoms with Crippen molar-refractivity contribution >= 4 is 16.0 Å². The Hall–Kier alpha value is -1.41. The monoisotopic (exact) mass is 286 g/mol. The van der Waals surface area contributed by atoms with E-state index in [1.165, 1.54) is 4.31 Å². The van der Waals surface area contributed by atoms with E-state index in [2.05, 4.69) is 9.97 Å². The zero-order chi connectivity index (χ0) is 14.2. The van der Waals surface area contributed by atoms with Crippen LogP contribution in [0.15, 0.2) is 4.79 Å². The standard InChI is InChI=1S/C11H18N4O3S/c1-4-19(17,18)15-6-5-8-9(7-15)12-11(14(2)3)13-10(8)16/h4-7H2,1-3H3,(H,12,13,16). The third-order valence-electron chi connectivity index (χ3n) is 3.21. The number of sulfonamides is 1. The normalized spacial score (nSPS) is 16.2. The second-order valence-corrected chi connectivity index (χ2v) is 6.95. The molecule has 0 spiro atoms. The van der Waals surface area contributed by atoms with Crippen molar-refractivity contribution in [2.45, 2.75) is 19.9 Å². The molecule has 1 aliphatic heterocycles.